The molecule has 0 radical (unpaired) electrons. The molecule has 0 bridgehead atoms. The van der Waals surface area contributed by atoms with Gasteiger partial charge in [-0.2, -0.15) is 0 Å². The van der Waals surface area contributed by atoms with Crippen LogP contribution in [0.1, 0.15) is 20.8 Å². The zero-order valence-electron chi connectivity index (χ0n) is 9.22. The van der Waals surface area contributed by atoms with Crippen molar-refractivity contribution in [2.24, 2.45) is 11.8 Å². The number of nitrogens with one attached hydrogen (secondary N) is 1. The first-order valence-corrected chi connectivity index (χ1v) is 5.85. The number of hydrogen-bond acceptors (Lipinski definition) is 2. The number of pyridine rings is 1. The fourth-order valence-corrected chi connectivity index (χ4v) is 1.34. The molecule has 0 saturated heterocycles. The zero-order chi connectivity index (χ0) is 11.4. The summed E-state index contributed by atoms with van der Waals surface area (Å²) in [6.07, 6.45) is 1.59. The molecule has 15 heavy (non-hydrogen) atoms. The van der Waals surface area contributed by atoms with E-state index in [4.69, 9.17) is 0 Å². The third-order valence-electron chi connectivity index (χ3n) is 2.54. The van der Waals surface area contributed by atoms with E-state index in [2.05, 4.69) is 47.0 Å². The Kier molecular flexibility index (Phi) is 4.51. The molecule has 1 unspecified atom stereocenters. The van der Waals surface area contributed by atoms with Crippen LogP contribution in [0, 0.1) is 17.7 Å². The molecule has 0 aliphatic rings. The first-order valence-electron chi connectivity index (χ1n) is 5.05. The Morgan fingerprint density at radius 1 is 1.47 bits per heavy atom. The number of nitrogens with zero attached hydrogens (tertiary/aromatic N) is 1. The summed E-state index contributed by atoms with van der Waals surface area (Å²) >= 11 is 3.17. The summed E-state index contributed by atoms with van der Waals surface area (Å²) in [4.78, 5) is 3.98. The molecule has 84 valence electrons. The number of anilines is 1. The molecular formula is C11H16BrFN2. The Hall–Kier alpha value is -0.640. The normalized spacial score (nSPS) is 12.9. The zero-order valence-corrected chi connectivity index (χ0v) is 10.8. The molecule has 0 aromatic carbocycles. The predicted molar refractivity (Wildman–Crippen MR) is 64.4 cm³/mol. The smallest absolute Gasteiger partial charge is 0.166 e. The van der Waals surface area contributed by atoms with Gasteiger partial charge in [-0.25, -0.2) is 9.37 Å². The van der Waals surface area contributed by atoms with Crippen LogP contribution in [0.25, 0.3) is 0 Å². The van der Waals surface area contributed by atoms with Crippen molar-refractivity contribution in [3.05, 3.63) is 22.6 Å². The molecule has 4 heteroatoms. The summed E-state index contributed by atoms with van der Waals surface area (Å²) in [7, 11) is 0. The van der Waals surface area contributed by atoms with E-state index >= 15 is 0 Å². The van der Waals surface area contributed by atoms with Gasteiger partial charge in [0.1, 0.15) is 0 Å². The Labute approximate surface area is 98.4 Å². The standard InChI is InChI=1S/C11H16BrFN2/c1-7(2)8(3)5-14-11-10(13)4-9(12)6-15-11/h4,6-8H,5H2,1-3H3,(H,14,15). The molecule has 2 nitrogen and oxygen atoms in total. The van der Waals surface area contributed by atoms with Gasteiger partial charge in [0.15, 0.2) is 11.6 Å². The summed E-state index contributed by atoms with van der Waals surface area (Å²) in [6.45, 7) is 7.17. The van der Waals surface area contributed by atoms with Crippen molar-refractivity contribution in [2.75, 3.05) is 11.9 Å². The minimum atomic E-state index is -0.319. The lowest BCUT2D eigenvalue weighted by molar-refractivity contribution is 0.438. The SMILES string of the molecule is CC(C)C(C)CNc1ncc(Br)cc1F. The second-order valence-electron chi connectivity index (χ2n) is 4.09. The van der Waals surface area contributed by atoms with Gasteiger partial charge >= 0.3 is 0 Å². The Morgan fingerprint density at radius 3 is 2.67 bits per heavy atom. The Morgan fingerprint density at radius 2 is 2.13 bits per heavy atom. The molecule has 0 spiro atoms. The molecule has 1 aromatic rings. The van der Waals surface area contributed by atoms with Gasteiger partial charge in [0.25, 0.3) is 0 Å². The van der Waals surface area contributed by atoms with E-state index < -0.39 is 0 Å². The lowest BCUT2D eigenvalue weighted by Crippen LogP contribution is -2.17. The van der Waals surface area contributed by atoms with Crippen LogP contribution < -0.4 is 5.32 Å². The van der Waals surface area contributed by atoms with Crippen molar-refractivity contribution < 1.29 is 4.39 Å². The quantitative estimate of drug-likeness (QED) is 0.906. The topological polar surface area (TPSA) is 24.9 Å². The summed E-state index contributed by atoms with van der Waals surface area (Å²) in [5.41, 5.74) is 0. The first kappa shape index (κ1) is 12.4. The highest BCUT2D eigenvalue weighted by atomic mass is 79.9. The molecule has 0 aliphatic heterocycles. The van der Waals surface area contributed by atoms with E-state index in [0.29, 0.717) is 22.1 Å². The van der Waals surface area contributed by atoms with Crippen LogP contribution in [0.2, 0.25) is 0 Å². The lowest BCUT2D eigenvalue weighted by Gasteiger charge is -2.16. The second-order valence-corrected chi connectivity index (χ2v) is 5.00. The van der Waals surface area contributed by atoms with Crippen LogP contribution in [0.15, 0.2) is 16.7 Å². The fourth-order valence-electron chi connectivity index (χ4n) is 1.04. The van der Waals surface area contributed by atoms with Gasteiger partial charge in [-0.15, -0.1) is 0 Å². The van der Waals surface area contributed by atoms with Crippen LogP contribution in [-0.2, 0) is 0 Å². The van der Waals surface area contributed by atoms with Crippen LogP contribution >= 0.6 is 15.9 Å². The van der Waals surface area contributed by atoms with Crippen molar-refractivity contribution in [3.8, 4) is 0 Å². The maximum Gasteiger partial charge on any atom is 0.166 e. The molecule has 1 heterocycles. The molecule has 0 aliphatic carbocycles. The van der Waals surface area contributed by atoms with E-state index in [-0.39, 0.29) is 5.82 Å². The average molecular weight is 275 g/mol. The highest BCUT2D eigenvalue weighted by Gasteiger charge is 2.09. The molecular weight excluding hydrogens is 259 g/mol. The molecule has 0 fully saturated rings. The number of rotatable bonds is 4. The van der Waals surface area contributed by atoms with Gasteiger partial charge in [-0.1, -0.05) is 20.8 Å². The van der Waals surface area contributed by atoms with Gasteiger partial charge in [0.2, 0.25) is 0 Å². The van der Waals surface area contributed by atoms with Crippen molar-refractivity contribution in [1.82, 2.24) is 4.98 Å². The fraction of sp³-hybridized carbons (Fsp3) is 0.545. The average Bonchev–Trinajstić information content (AvgIpc) is 2.15. The maximum atomic E-state index is 13.3. The minimum absolute atomic E-state index is 0.319. The van der Waals surface area contributed by atoms with Crippen molar-refractivity contribution >= 4 is 21.7 Å². The van der Waals surface area contributed by atoms with Crippen molar-refractivity contribution in [3.63, 3.8) is 0 Å². The summed E-state index contributed by atoms with van der Waals surface area (Å²) in [6, 6.07) is 1.41. The third kappa shape index (κ3) is 3.78. The molecule has 1 rings (SSSR count). The molecule has 1 N–H and O–H groups in total. The highest BCUT2D eigenvalue weighted by molar-refractivity contribution is 9.10. The Balaban J connectivity index is 2.58. The summed E-state index contributed by atoms with van der Waals surface area (Å²) < 4.78 is 14.0. The number of hydrogen-bond donors (Lipinski definition) is 1. The predicted octanol–water partition coefficient (Wildman–Crippen LogP) is 3.69. The second kappa shape index (κ2) is 5.45. The Bertz CT molecular complexity index is 328. The maximum absolute atomic E-state index is 13.3. The molecule has 0 amide bonds. The monoisotopic (exact) mass is 274 g/mol. The number of halogens is 2. The van der Waals surface area contributed by atoms with Gasteiger partial charge in [0.05, 0.1) is 0 Å². The van der Waals surface area contributed by atoms with E-state index in [1.807, 2.05) is 0 Å². The largest absolute Gasteiger partial charge is 0.367 e. The van der Waals surface area contributed by atoms with E-state index in [1.54, 1.807) is 6.20 Å². The van der Waals surface area contributed by atoms with Crippen molar-refractivity contribution in [1.29, 1.82) is 0 Å². The van der Waals surface area contributed by atoms with Crippen molar-refractivity contribution in [2.45, 2.75) is 20.8 Å². The van der Waals surface area contributed by atoms with Gasteiger partial charge < -0.3 is 5.32 Å². The molecule has 0 saturated carbocycles. The summed E-state index contributed by atoms with van der Waals surface area (Å²) in [5.74, 6) is 1.08. The molecule has 1 atom stereocenters. The highest BCUT2D eigenvalue weighted by Crippen LogP contribution is 2.17. The van der Waals surface area contributed by atoms with Crippen LogP contribution in [-0.4, -0.2) is 11.5 Å². The van der Waals surface area contributed by atoms with Gasteiger partial charge in [-0.3, -0.25) is 0 Å². The lowest BCUT2D eigenvalue weighted by atomic mass is 9.98. The van der Waals surface area contributed by atoms with E-state index in [9.17, 15) is 4.39 Å². The van der Waals surface area contributed by atoms with Gasteiger partial charge in [0, 0.05) is 17.2 Å². The van der Waals surface area contributed by atoms with E-state index in [1.165, 1.54) is 6.07 Å². The minimum Gasteiger partial charge on any atom is -0.367 e. The van der Waals surface area contributed by atoms with Crippen LogP contribution in [0.3, 0.4) is 0 Å². The van der Waals surface area contributed by atoms with Crippen LogP contribution in [0.4, 0.5) is 10.2 Å². The number of aromatic nitrogens is 1. The first-order chi connectivity index (χ1) is 7.00. The summed E-state index contributed by atoms with van der Waals surface area (Å²) in [5, 5.41) is 3.01. The van der Waals surface area contributed by atoms with Gasteiger partial charge in [-0.05, 0) is 33.8 Å². The third-order valence-corrected chi connectivity index (χ3v) is 2.97. The molecule has 1 aromatic heterocycles. The van der Waals surface area contributed by atoms with Crippen LogP contribution in [0.5, 0.6) is 0 Å². The van der Waals surface area contributed by atoms with E-state index in [0.717, 1.165) is 6.54 Å².